The van der Waals surface area contributed by atoms with Crippen molar-refractivity contribution in [1.82, 2.24) is 0 Å². The second-order valence-corrected chi connectivity index (χ2v) is 6.73. The first-order valence-electron chi connectivity index (χ1n) is 9.26. The fourth-order valence-electron chi connectivity index (χ4n) is 3.70. The van der Waals surface area contributed by atoms with E-state index in [1.165, 1.54) is 7.11 Å². The maximum atomic E-state index is 13.0. The Morgan fingerprint density at radius 2 is 1.81 bits per heavy atom. The van der Waals surface area contributed by atoms with Crippen molar-refractivity contribution < 1.29 is 19.1 Å². The predicted octanol–water partition coefficient (Wildman–Crippen LogP) is 3.71. The van der Waals surface area contributed by atoms with Gasteiger partial charge in [0.05, 0.1) is 13.0 Å². The Kier molecular flexibility index (Phi) is 5.79. The Morgan fingerprint density at radius 1 is 1.11 bits per heavy atom. The van der Waals surface area contributed by atoms with Gasteiger partial charge < -0.3 is 14.4 Å². The molecule has 1 amide bonds. The lowest BCUT2D eigenvalue weighted by Crippen LogP contribution is -2.46. The fraction of sp³-hybridized carbons (Fsp3) is 0.364. The van der Waals surface area contributed by atoms with Crippen LogP contribution in [0.5, 0.6) is 5.75 Å². The van der Waals surface area contributed by atoms with Gasteiger partial charge in [-0.1, -0.05) is 43.3 Å². The van der Waals surface area contributed by atoms with E-state index in [1.54, 1.807) is 4.90 Å². The van der Waals surface area contributed by atoms with E-state index in [1.807, 2.05) is 55.5 Å². The van der Waals surface area contributed by atoms with Crippen molar-refractivity contribution in [2.24, 2.45) is 0 Å². The Morgan fingerprint density at radius 3 is 2.56 bits per heavy atom. The first kappa shape index (κ1) is 19.0. The van der Waals surface area contributed by atoms with E-state index < -0.39 is 0 Å². The number of methoxy groups -OCH3 is 1. The lowest BCUT2D eigenvalue weighted by molar-refractivity contribution is -0.143. The van der Waals surface area contributed by atoms with Gasteiger partial charge in [0.15, 0.2) is 6.61 Å². The summed E-state index contributed by atoms with van der Waals surface area (Å²) in [5, 5.41) is 0. The third-order valence-corrected chi connectivity index (χ3v) is 5.05. The van der Waals surface area contributed by atoms with Crippen molar-refractivity contribution in [3.05, 3.63) is 59.7 Å². The average molecular weight is 367 g/mol. The Bertz CT molecular complexity index is 833. The second kappa shape index (κ2) is 8.25. The number of carbonyl (C=O) groups excluding carboxylic acids is 2. The van der Waals surface area contributed by atoms with E-state index in [4.69, 9.17) is 9.47 Å². The molecular weight excluding hydrogens is 342 g/mol. The molecule has 5 nitrogen and oxygen atoms in total. The van der Waals surface area contributed by atoms with Gasteiger partial charge in [-0.3, -0.25) is 9.59 Å². The highest BCUT2D eigenvalue weighted by Crippen LogP contribution is 2.39. The van der Waals surface area contributed by atoms with Crippen molar-refractivity contribution >= 4 is 17.6 Å². The summed E-state index contributed by atoms with van der Waals surface area (Å²) in [6, 6.07) is 15.1. The maximum absolute atomic E-state index is 13.0. The molecule has 2 atom stereocenters. The standard InChI is InChI=1S/C22H25NO4/c1-4-16-9-5-8-12-20(16)27-14-21(24)23-15(2)13-18(22(25)26-3)17-10-6-7-11-19(17)23/h5-12,15,18H,4,13-14H2,1-3H3. The minimum absolute atomic E-state index is 0.0431. The Hall–Kier alpha value is -2.82. The van der Waals surface area contributed by atoms with Crippen molar-refractivity contribution in [2.75, 3.05) is 18.6 Å². The third-order valence-electron chi connectivity index (χ3n) is 5.05. The number of esters is 1. The van der Waals surface area contributed by atoms with Gasteiger partial charge in [-0.2, -0.15) is 0 Å². The zero-order valence-corrected chi connectivity index (χ0v) is 16.0. The number of hydrogen-bond acceptors (Lipinski definition) is 4. The molecule has 0 saturated heterocycles. The van der Waals surface area contributed by atoms with Crippen LogP contribution in [0.3, 0.4) is 0 Å². The number of amides is 1. The van der Waals surface area contributed by atoms with E-state index in [9.17, 15) is 9.59 Å². The van der Waals surface area contributed by atoms with Gasteiger partial charge in [0.1, 0.15) is 5.75 Å². The number of para-hydroxylation sites is 2. The molecule has 2 aromatic carbocycles. The second-order valence-electron chi connectivity index (χ2n) is 6.73. The SMILES string of the molecule is CCc1ccccc1OCC(=O)N1c2ccccc2C(C(=O)OC)CC1C. The number of hydrogen-bond donors (Lipinski definition) is 0. The smallest absolute Gasteiger partial charge is 0.313 e. The van der Waals surface area contributed by atoms with E-state index >= 15 is 0 Å². The molecular formula is C22H25NO4. The molecule has 0 spiro atoms. The number of fused-ring (bicyclic) bond motifs is 1. The van der Waals surface area contributed by atoms with E-state index in [0.29, 0.717) is 6.42 Å². The van der Waals surface area contributed by atoms with Gasteiger partial charge in [0.2, 0.25) is 0 Å². The van der Waals surface area contributed by atoms with Crippen LogP contribution in [0.2, 0.25) is 0 Å². The van der Waals surface area contributed by atoms with Gasteiger partial charge in [0.25, 0.3) is 5.91 Å². The molecule has 1 heterocycles. The van der Waals surface area contributed by atoms with Crippen LogP contribution in [0.15, 0.2) is 48.5 Å². The predicted molar refractivity (Wildman–Crippen MR) is 104 cm³/mol. The van der Waals surface area contributed by atoms with Crippen LogP contribution in [0.25, 0.3) is 0 Å². The van der Waals surface area contributed by atoms with E-state index in [-0.39, 0.29) is 30.4 Å². The summed E-state index contributed by atoms with van der Waals surface area (Å²) in [5.41, 5.74) is 2.65. The summed E-state index contributed by atoms with van der Waals surface area (Å²) in [6.07, 6.45) is 1.37. The number of rotatable bonds is 5. The van der Waals surface area contributed by atoms with Gasteiger partial charge >= 0.3 is 5.97 Å². The number of benzene rings is 2. The molecule has 5 heteroatoms. The van der Waals surface area contributed by atoms with Crippen LogP contribution in [-0.4, -0.2) is 31.6 Å². The molecule has 1 aliphatic rings. The van der Waals surface area contributed by atoms with Gasteiger partial charge in [-0.15, -0.1) is 0 Å². The first-order valence-corrected chi connectivity index (χ1v) is 9.26. The molecule has 0 fully saturated rings. The monoisotopic (exact) mass is 367 g/mol. The number of nitrogens with zero attached hydrogens (tertiary/aromatic N) is 1. The molecule has 0 N–H and O–H groups in total. The Balaban J connectivity index is 1.82. The lowest BCUT2D eigenvalue weighted by atomic mass is 9.86. The van der Waals surface area contributed by atoms with E-state index in [2.05, 4.69) is 6.92 Å². The van der Waals surface area contributed by atoms with Gasteiger partial charge in [-0.05, 0) is 43.0 Å². The quantitative estimate of drug-likeness (QED) is 0.756. The Labute approximate surface area is 159 Å². The number of carbonyl (C=O) groups is 2. The molecule has 27 heavy (non-hydrogen) atoms. The summed E-state index contributed by atoms with van der Waals surface area (Å²) in [5.74, 6) is -0.00980. The minimum atomic E-state index is -0.355. The largest absolute Gasteiger partial charge is 0.483 e. The van der Waals surface area contributed by atoms with Crippen LogP contribution in [-0.2, 0) is 20.7 Å². The van der Waals surface area contributed by atoms with Crippen LogP contribution < -0.4 is 9.64 Å². The highest BCUT2D eigenvalue weighted by atomic mass is 16.5. The van der Waals surface area contributed by atoms with Crippen molar-refractivity contribution in [2.45, 2.75) is 38.6 Å². The van der Waals surface area contributed by atoms with Crippen LogP contribution >= 0.6 is 0 Å². The zero-order valence-electron chi connectivity index (χ0n) is 16.0. The summed E-state index contributed by atoms with van der Waals surface area (Å²) in [4.78, 5) is 26.9. The van der Waals surface area contributed by atoms with Crippen molar-refractivity contribution in [1.29, 1.82) is 0 Å². The fourth-order valence-corrected chi connectivity index (χ4v) is 3.70. The molecule has 142 valence electrons. The third kappa shape index (κ3) is 3.82. The molecule has 3 rings (SSSR count). The molecule has 0 saturated carbocycles. The topological polar surface area (TPSA) is 55.8 Å². The molecule has 0 aromatic heterocycles. The minimum Gasteiger partial charge on any atom is -0.483 e. The average Bonchev–Trinajstić information content (AvgIpc) is 2.71. The van der Waals surface area contributed by atoms with Crippen molar-refractivity contribution in [3.63, 3.8) is 0 Å². The summed E-state index contributed by atoms with van der Waals surface area (Å²) in [6.45, 7) is 3.96. The summed E-state index contributed by atoms with van der Waals surface area (Å²) >= 11 is 0. The number of ether oxygens (including phenoxy) is 2. The van der Waals surface area contributed by atoms with Gasteiger partial charge in [0, 0.05) is 11.7 Å². The van der Waals surface area contributed by atoms with Crippen molar-refractivity contribution in [3.8, 4) is 5.75 Å². The molecule has 2 unspecified atom stereocenters. The van der Waals surface area contributed by atoms with Crippen LogP contribution in [0.4, 0.5) is 5.69 Å². The zero-order chi connectivity index (χ0) is 19.4. The first-order chi connectivity index (χ1) is 13.1. The van der Waals surface area contributed by atoms with Crippen LogP contribution in [0.1, 0.15) is 37.3 Å². The summed E-state index contributed by atoms with van der Waals surface area (Å²) < 4.78 is 10.8. The molecule has 2 aromatic rings. The van der Waals surface area contributed by atoms with E-state index in [0.717, 1.165) is 29.0 Å². The molecule has 0 bridgehead atoms. The number of aryl methyl sites for hydroxylation is 1. The molecule has 1 aliphatic heterocycles. The highest BCUT2D eigenvalue weighted by Gasteiger charge is 2.37. The summed E-state index contributed by atoms with van der Waals surface area (Å²) in [7, 11) is 1.39. The maximum Gasteiger partial charge on any atom is 0.313 e. The lowest BCUT2D eigenvalue weighted by Gasteiger charge is -2.38. The van der Waals surface area contributed by atoms with Crippen LogP contribution in [0, 0.1) is 0 Å². The normalized spacial score (nSPS) is 18.6. The number of anilines is 1. The molecule has 0 aliphatic carbocycles. The van der Waals surface area contributed by atoms with Gasteiger partial charge in [-0.25, -0.2) is 0 Å². The molecule has 0 radical (unpaired) electrons. The highest BCUT2D eigenvalue weighted by molar-refractivity contribution is 5.98.